The van der Waals surface area contributed by atoms with Gasteiger partial charge < -0.3 is 5.32 Å². The number of nitrogens with zero attached hydrogens (tertiary/aromatic N) is 2. The molecule has 0 unspecified atom stereocenters. The van der Waals surface area contributed by atoms with Crippen LogP contribution in [-0.2, 0) is 10.0 Å². The van der Waals surface area contributed by atoms with Gasteiger partial charge in [0.05, 0.1) is 20.1 Å². The summed E-state index contributed by atoms with van der Waals surface area (Å²) in [5.74, 6) is -0.282. The summed E-state index contributed by atoms with van der Waals surface area (Å²) in [6.07, 6.45) is 1.81. The molecule has 0 aliphatic heterocycles. The summed E-state index contributed by atoms with van der Waals surface area (Å²) in [5, 5.41) is 3.82. The molecule has 2 aromatic carbocycles. The van der Waals surface area contributed by atoms with E-state index in [-0.39, 0.29) is 16.8 Å². The second-order valence-electron chi connectivity index (χ2n) is 6.65. The van der Waals surface area contributed by atoms with Crippen molar-refractivity contribution < 1.29 is 13.2 Å². The first kappa shape index (κ1) is 18.1. The maximum absolute atomic E-state index is 12.5. The molecule has 140 valence electrons. The van der Waals surface area contributed by atoms with E-state index in [1.165, 1.54) is 16.4 Å². The zero-order chi connectivity index (χ0) is 19.2. The third-order valence-electron chi connectivity index (χ3n) is 4.61. The number of carbonyl (C=O) groups excluding carboxylic acids is 1. The van der Waals surface area contributed by atoms with Crippen LogP contribution < -0.4 is 5.32 Å². The van der Waals surface area contributed by atoms with Crippen LogP contribution in [0, 0.1) is 6.92 Å². The molecule has 0 saturated heterocycles. The summed E-state index contributed by atoms with van der Waals surface area (Å²) in [7, 11) is -1.90. The fraction of sp³-hybridized carbons (Fsp3) is 0.263. The summed E-state index contributed by atoms with van der Waals surface area (Å²) in [5.41, 5.74) is 2.00. The van der Waals surface area contributed by atoms with Crippen molar-refractivity contribution in [3.63, 3.8) is 0 Å². The molecule has 1 fully saturated rings. The summed E-state index contributed by atoms with van der Waals surface area (Å²) in [6.45, 7) is 1.94. The van der Waals surface area contributed by atoms with Crippen molar-refractivity contribution in [2.24, 2.45) is 0 Å². The van der Waals surface area contributed by atoms with Crippen molar-refractivity contribution >= 4 is 43.2 Å². The highest BCUT2D eigenvalue weighted by atomic mass is 32.2. The highest BCUT2D eigenvalue weighted by Gasteiger charge is 2.34. The molecule has 4 rings (SSSR count). The minimum absolute atomic E-state index is 0.100. The third kappa shape index (κ3) is 3.60. The van der Waals surface area contributed by atoms with Gasteiger partial charge >= 0.3 is 0 Å². The Balaban J connectivity index is 1.51. The number of aromatic nitrogens is 1. The first-order valence-electron chi connectivity index (χ1n) is 8.61. The van der Waals surface area contributed by atoms with Crippen LogP contribution >= 0.6 is 11.3 Å². The lowest BCUT2D eigenvalue weighted by molar-refractivity contribution is 0.102. The molecule has 1 amide bonds. The highest BCUT2D eigenvalue weighted by molar-refractivity contribution is 7.89. The average molecular weight is 402 g/mol. The molecule has 3 aromatic rings. The highest BCUT2D eigenvalue weighted by Crippen LogP contribution is 2.30. The van der Waals surface area contributed by atoms with Crippen molar-refractivity contribution in [3.05, 3.63) is 53.0 Å². The van der Waals surface area contributed by atoms with E-state index in [1.807, 2.05) is 25.1 Å². The number of benzene rings is 2. The van der Waals surface area contributed by atoms with Gasteiger partial charge in [-0.05, 0) is 62.2 Å². The number of thiazole rings is 1. The Hall–Kier alpha value is -2.29. The number of hydrogen-bond acceptors (Lipinski definition) is 5. The molecule has 1 aromatic heterocycles. The van der Waals surface area contributed by atoms with E-state index >= 15 is 0 Å². The van der Waals surface area contributed by atoms with Crippen molar-refractivity contribution in [1.29, 1.82) is 0 Å². The van der Waals surface area contributed by atoms with Gasteiger partial charge in [0.15, 0.2) is 0 Å². The maximum atomic E-state index is 12.5. The maximum Gasteiger partial charge on any atom is 0.255 e. The van der Waals surface area contributed by atoms with Crippen LogP contribution in [0.15, 0.2) is 47.4 Å². The van der Waals surface area contributed by atoms with Gasteiger partial charge in [-0.1, -0.05) is 0 Å². The number of rotatable bonds is 5. The van der Waals surface area contributed by atoms with Gasteiger partial charge in [-0.2, -0.15) is 4.31 Å². The Morgan fingerprint density at radius 3 is 2.56 bits per heavy atom. The van der Waals surface area contributed by atoms with Crippen molar-refractivity contribution in [1.82, 2.24) is 9.29 Å². The Morgan fingerprint density at radius 2 is 1.89 bits per heavy atom. The fourth-order valence-electron chi connectivity index (χ4n) is 2.90. The second-order valence-corrected chi connectivity index (χ2v) is 9.88. The van der Waals surface area contributed by atoms with Crippen molar-refractivity contribution in [3.8, 4) is 0 Å². The SMILES string of the molecule is Cc1nc2ccc(NC(=O)c3ccc(S(=O)(=O)N(C)C4CC4)cc3)cc2s1. The number of anilines is 1. The van der Waals surface area contributed by atoms with Gasteiger partial charge in [0, 0.05) is 24.3 Å². The van der Waals surface area contributed by atoms with Crippen LogP contribution in [0.5, 0.6) is 0 Å². The molecule has 1 aliphatic carbocycles. The van der Waals surface area contributed by atoms with Crippen molar-refractivity contribution in [2.75, 3.05) is 12.4 Å². The molecule has 0 atom stereocenters. The molecule has 0 radical (unpaired) electrons. The Kier molecular flexibility index (Phi) is 4.49. The number of carbonyl (C=O) groups is 1. The average Bonchev–Trinajstić information content (AvgIpc) is 3.42. The quantitative estimate of drug-likeness (QED) is 0.708. The lowest BCUT2D eigenvalue weighted by Crippen LogP contribution is -2.29. The first-order valence-corrected chi connectivity index (χ1v) is 10.9. The molecule has 1 heterocycles. The van der Waals surface area contributed by atoms with Gasteiger partial charge in [0.25, 0.3) is 5.91 Å². The van der Waals surface area contributed by atoms with E-state index in [1.54, 1.807) is 30.5 Å². The van der Waals surface area contributed by atoms with E-state index in [0.29, 0.717) is 11.3 Å². The van der Waals surface area contributed by atoms with Gasteiger partial charge in [-0.25, -0.2) is 13.4 Å². The van der Waals surface area contributed by atoms with Crippen LogP contribution in [0.2, 0.25) is 0 Å². The molecule has 1 aliphatic rings. The van der Waals surface area contributed by atoms with E-state index in [9.17, 15) is 13.2 Å². The number of nitrogens with one attached hydrogen (secondary N) is 1. The number of aryl methyl sites for hydroxylation is 1. The second kappa shape index (κ2) is 6.70. The van der Waals surface area contributed by atoms with Gasteiger partial charge in [-0.15, -0.1) is 11.3 Å². The van der Waals surface area contributed by atoms with Gasteiger partial charge in [0.1, 0.15) is 0 Å². The zero-order valence-electron chi connectivity index (χ0n) is 15.0. The molecule has 1 N–H and O–H groups in total. The topological polar surface area (TPSA) is 79.4 Å². The summed E-state index contributed by atoms with van der Waals surface area (Å²) in [6, 6.07) is 11.7. The predicted molar refractivity (Wildman–Crippen MR) is 107 cm³/mol. The Morgan fingerprint density at radius 1 is 1.19 bits per heavy atom. The number of hydrogen-bond donors (Lipinski definition) is 1. The molecule has 8 heteroatoms. The zero-order valence-corrected chi connectivity index (χ0v) is 16.6. The van der Waals surface area contributed by atoms with Gasteiger partial charge in [-0.3, -0.25) is 4.79 Å². The molecule has 1 saturated carbocycles. The van der Waals surface area contributed by atoms with E-state index in [2.05, 4.69) is 10.3 Å². The van der Waals surface area contributed by atoms with E-state index < -0.39 is 10.0 Å². The number of amides is 1. The lowest BCUT2D eigenvalue weighted by atomic mass is 10.2. The summed E-state index contributed by atoms with van der Waals surface area (Å²) in [4.78, 5) is 17.1. The van der Waals surface area contributed by atoms with E-state index in [0.717, 1.165) is 28.1 Å². The van der Waals surface area contributed by atoms with Crippen LogP contribution in [0.3, 0.4) is 0 Å². The first-order chi connectivity index (χ1) is 12.8. The van der Waals surface area contributed by atoms with Crippen LogP contribution in [-0.4, -0.2) is 36.7 Å². The monoisotopic (exact) mass is 401 g/mol. The van der Waals surface area contributed by atoms with Gasteiger partial charge in [0.2, 0.25) is 10.0 Å². The predicted octanol–water partition coefficient (Wildman–Crippen LogP) is 3.64. The smallest absolute Gasteiger partial charge is 0.255 e. The molecule has 0 spiro atoms. The number of fused-ring (bicyclic) bond motifs is 1. The lowest BCUT2D eigenvalue weighted by Gasteiger charge is -2.16. The molecule has 0 bridgehead atoms. The van der Waals surface area contributed by atoms with Crippen molar-refractivity contribution in [2.45, 2.75) is 30.7 Å². The summed E-state index contributed by atoms with van der Waals surface area (Å²) < 4.78 is 27.5. The Labute approximate surface area is 161 Å². The largest absolute Gasteiger partial charge is 0.322 e. The summed E-state index contributed by atoms with van der Waals surface area (Å²) >= 11 is 1.57. The minimum Gasteiger partial charge on any atom is -0.322 e. The molecule has 27 heavy (non-hydrogen) atoms. The normalized spacial score (nSPS) is 14.6. The minimum atomic E-state index is -3.50. The molecular weight excluding hydrogens is 382 g/mol. The van der Waals surface area contributed by atoms with E-state index in [4.69, 9.17) is 0 Å². The molecule has 6 nitrogen and oxygen atoms in total. The number of sulfonamides is 1. The van der Waals surface area contributed by atoms with Crippen LogP contribution in [0.1, 0.15) is 28.2 Å². The molecular formula is C19H19N3O3S2. The standard InChI is InChI=1S/C19H19N3O3S2/c1-12-20-17-10-5-14(11-18(17)26-12)21-19(23)13-3-8-16(9-4-13)27(24,25)22(2)15-6-7-15/h3-5,8-11,15H,6-7H2,1-2H3,(H,21,23). The third-order valence-corrected chi connectivity index (χ3v) is 7.47. The fourth-order valence-corrected chi connectivity index (χ4v) is 5.18. The van der Waals surface area contributed by atoms with Crippen LogP contribution in [0.4, 0.5) is 5.69 Å². The Bertz CT molecular complexity index is 1120. The van der Waals surface area contributed by atoms with Crippen LogP contribution in [0.25, 0.3) is 10.2 Å².